The summed E-state index contributed by atoms with van der Waals surface area (Å²) < 4.78 is 4.96. The van der Waals surface area contributed by atoms with Gasteiger partial charge in [0.1, 0.15) is 0 Å². The van der Waals surface area contributed by atoms with Crippen LogP contribution in [0.4, 0.5) is 21.9 Å². The van der Waals surface area contributed by atoms with Crippen LogP contribution in [0.3, 0.4) is 0 Å². The fraction of sp³-hybridized carbons (Fsp3) is 0.333. The molecule has 28 heavy (non-hydrogen) atoms. The summed E-state index contributed by atoms with van der Waals surface area (Å²) >= 11 is 0. The van der Waals surface area contributed by atoms with Crippen LogP contribution < -0.4 is 20.9 Å². The lowest BCUT2D eigenvalue weighted by atomic mass is 10.1. The van der Waals surface area contributed by atoms with E-state index in [-0.39, 0.29) is 11.9 Å². The van der Waals surface area contributed by atoms with Crippen molar-refractivity contribution >= 4 is 29.0 Å². The van der Waals surface area contributed by atoms with Crippen LogP contribution in [0.15, 0.2) is 36.4 Å². The number of methoxy groups -OCH3 is 1. The number of anilines is 3. The molecule has 0 aromatic heterocycles. The largest absolute Gasteiger partial charge is 0.383 e. The van der Waals surface area contributed by atoms with Gasteiger partial charge in [0.15, 0.2) is 0 Å². The van der Waals surface area contributed by atoms with Gasteiger partial charge in [-0.3, -0.25) is 4.79 Å². The molecule has 150 valence electrons. The topological polar surface area (TPSA) is 82.7 Å². The molecule has 2 aromatic rings. The van der Waals surface area contributed by atoms with Gasteiger partial charge in [0.25, 0.3) is 5.91 Å². The van der Waals surface area contributed by atoms with Gasteiger partial charge in [0.2, 0.25) is 0 Å². The highest BCUT2D eigenvalue weighted by atomic mass is 16.5. The molecular formula is C21H28N4O3. The van der Waals surface area contributed by atoms with E-state index in [0.717, 1.165) is 16.8 Å². The molecule has 7 heteroatoms. The lowest BCUT2D eigenvalue weighted by Gasteiger charge is -2.18. The molecule has 0 saturated heterocycles. The van der Waals surface area contributed by atoms with Crippen molar-refractivity contribution in [3.8, 4) is 0 Å². The normalized spacial score (nSPS) is 10.3. The zero-order valence-electron chi connectivity index (χ0n) is 17.1. The number of carbonyl (C=O) groups is 2. The highest BCUT2D eigenvalue weighted by Gasteiger charge is 2.14. The van der Waals surface area contributed by atoms with Crippen LogP contribution in [0, 0.1) is 13.8 Å². The Morgan fingerprint density at radius 1 is 0.964 bits per heavy atom. The summed E-state index contributed by atoms with van der Waals surface area (Å²) in [7, 11) is 5.30. The van der Waals surface area contributed by atoms with Crippen LogP contribution in [0.2, 0.25) is 0 Å². The SMILES string of the molecule is COCCNC(=O)c1cc(NC(=O)Nc2ccc(C)c(C)c2)ccc1N(C)C. The van der Waals surface area contributed by atoms with Gasteiger partial charge in [-0.15, -0.1) is 0 Å². The Balaban J connectivity index is 2.14. The molecule has 0 bridgehead atoms. The number of aryl methyl sites for hydroxylation is 2. The molecule has 0 aliphatic heterocycles. The second-order valence-corrected chi connectivity index (χ2v) is 6.75. The quantitative estimate of drug-likeness (QED) is 0.639. The molecule has 0 atom stereocenters. The van der Waals surface area contributed by atoms with E-state index < -0.39 is 0 Å². The molecular weight excluding hydrogens is 356 g/mol. The monoisotopic (exact) mass is 384 g/mol. The fourth-order valence-electron chi connectivity index (χ4n) is 2.66. The summed E-state index contributed by atoms with van der Waals surface area (Å²) in [6.45, 7) is 4.85. The number of rotatable bonds is 7. The Labute approximate surface area is 166 Å². The summed E-state index contributed by atoms with van der Waals surface area (Å²) in [6, 6.07) is 10.6. The zero-order valence-corrected chi connectivity index (χ0v) is 17.1. The standard InChI is InChI=1S/C21H28N4O3/c1-14-6-7-16(12-15(14)2)23-21(27)24-17-8-9-19(25(3)4)18(13-17)20(26)22-10-11-28-5/h6-9,12-13H,10-11H2,1-5H3,(H,22,26)(H2,23,24,27). The fourth-order valence-corrected chi connectivity index (χ4v) is 2.66. The van der Waals surface area contributed by atoms with Gasteiger partial charge in [-0.25, -0.2) is 4.79 Å². The van der Waals surface area contributed by atoms with Gasteiger partial charge < -0.3 is 25.6 Å². The number of nitrogens with one attached hydrogen (secondary N) is 3. The maximum Gasteiger partial charge on any atom is 0.323 e. The second-order valence-electron chi connectivity index (χ2n) is 6.75. The number of hydrogen-bond donors (Lipinski definition) is 3. The van der Waals surface area contributed by atoms with Crippen LogP contribution in [0.25, 0.3) is 0 Å². The molecule has 3 N–H and O–H groups in total. The van der Waals surface area contributed by atoms with Gasteiger partial charge in [-0.05, 0) is 55.3 Å². The Kier molecular flexibility index (Phi) is 7.40. The predicted molar refractivity (Wildman–Crippen MR) is 114 cm³/mol. The number of ether oxygens (including phenoxy) is 1. The van der Waals surface area contributed by atoms with E-state index in [9.17, 15) is 9.59 Å². The van der Waals surface area contributed by atoms with Crippen LogP contribution in [-0.2, 0) is 4.74 Å². The molecule has 0 unspecified atom stereocenters. The van der Waals surface area contributed by atoms with Crippen molar-refractivity contribution in [2.75, 3.05) is 49.9 Å². The summed E-state index contributed by atoms with van der Waals surface area (Å²) in [4.78, 5) is 26.7. The van der Waals surface area contributed by atoms with Crippen molar-refractivity contribution < 1.29 is 14.3 Å². The van der Waals surface area contributed by atoms with E-state index in [1.807, 2.05) is 51.0 Å². The van der Waals surface area contributed by atoms with E-state index in [1.165, 1.54) is 0 Å². The Morgan fingerprint density at radius 3 is 2.21 bits per heavy atom. The molecule has 7 nitrogen and oxygen atoms in total. The first kappa shape index (κ1) is 21.2. The van der Waals surface area contributed by atoms with Crippen LogP contribution in [0.1, 0.15) is 21.5 Å². The summed E-state index contributed by atoms with van der Waals surface area (Å²) in [5.74, 6) is -0.223. The molecule has 0 heterocycles. The molecule has 0 radical (unpaired) electrons. The summed E-state index contributed by atoms with van der Waals surface area (Å²) in [5, 5.41) is 8.40. The maximum atomic E-state index is 12.5. The number of benzene rings is 2. The summed E-state index contributed by atoms with van der Waals surface area (Å²) in [5.41, 5.74) is 4.74. The Morgan fingerprint density at radius 2 is 1.61 bits per heavy atom. The Bertz CT molecular complexity index is 850. The van der Waals surface area contributed by atoms with E-state index in [4.69, 9.17) is 4.74 Å². The second kappa shape index (κ2) is 9.75. The minimum atomic E-state index is -0.369. The van der Waals surface area contributed by atoms with Crippen molar-refractivity contribution in [1.82, 2.24) is 5.32 Å². The molecule has 2 aromatic carbocycles. The third kappa shape index (κ3) is 5.72. The van der Waals surface area contributed by atoms with Gasteiger partial charge in [0, 0.05) is 44.8 Å². The van der Waals surface area contributed by atoms with E-state index in [1.54, 1.807) is 25.3 Å². The number of hydrogen-bond acceptors (Lipinski definition) is 4. The maximum absolute atomic E-state index is 12.5. The van der Waals surface area contributed by atoms with Gasteiger partial charge in [-0.2, -0.15) is 0 Å². The molecule has 2 rings (SSSR count). The van der Waals surface area contributed by atoms with Crippen molar-refractivity contribution in [3.05, 3.63) is 53.1 Å². The van der Waals surface area contributed by atoms with E-state index >= 15 is 0 Å². The van der Waals surface area contributed by atoms with Crippen LogP contribution >= 0.6 is 0 Å². The average molecular weight is 384 g/mol. The van der Waals surface area contributed by atoms with Crippen molar-refractivity contribution in [2.24, 2.45) is 0 Å². The Hall–Kier alpha value is -3.06. The van der Waals surface area contributed by atoms with Crippen molar-refractivity contribution in [1.29, 1.82) is 0 Å². The number of nitrogens with zero attached hydrogens (tertiary/aromatic N) is 1. The molecule has 0 aliphatic rings. The van der Waals surface area contributed by atoms with Crippen LogP contribution in [-0.4, -0.2) is 46.3 Å². The third-order valence-electron chi connectivity index (χ3n) is 4.34. The first-order chi connectivity index (χ1) is 13.3. The number of carbonyl (C=O) groups excluding carboxylic acids is 2. The lowest BCUT2D eigenvalue weighted by Crippen LogP contribution is -2.29. The minimum Gasteiger partial charge on any atom is -0.383 e. The minimum absolute atomic E-state index is 0.223. The third-order valence-corrected chi connectivity index (χ3v) is 4.34. The smallest absolute Gasteiger partial charge is 0.323 e. The first-order valence-electron chi connectivity index (χ1n) is 9.05. The average Bonchev–Trinajstić information content (AvgIpc) is 2.64. The summed E-state index contributed by atoms with van der Waals surface area (Å²) in [6.07, 6.45) is 0. The van der Waals surface area contributed by atoms with Crippen molar-refractivity contribution in [2.45, 2.75) is 13.8 Å². The zero-order chi connectivity index (χ0) is 20.7. The molecule has 0 aliphatic carbocycles. The van der Waals surface area contributed by atoms with Gasteiger partial charge in [0.05, 0.1) is 12.2 Å². The van der Waals surface area contributed by atoms with E-state index in [2.05, 4.69) is 16.0 Å². The first-order valence-corrected chi connectivity index (χ1v) is 9.05. The van der Waals surface area contributed by atoms with Gasteiger partial charge >= 0.3 is 6.03 Å². The number of urea groups is 1. The molecule has 0 saturated carbocycles. The highest BCUT2D eigenvalue weighted by molar-refractivity contribution is 6.04. The predicted octanol–water partition coefficient (Wildman–Crippen LogP) is 3.39. The van der Waals surface area contributed by atoms with E-state index in [0.29, 0.717) is 30.1 Å². The lowest BCUT2D eigenvalue weighted by molar-refractivity contribution is 0.0937. The molecule has 3 amide bonds. The van der Waals surface area contributed by atoms with Crippen molar-refractivity contribution in [3.63, 3.8) is 0 Å². The van der Waals surface area contributed by atoms with Gasteiger partial charge in [-0.1, -0.05) is 6.07 Å². The molecule has 0 fully saturated rings. The molecule has 0 spiro atoms. The van der Waals surface area contributed by atoms with Crippen LogP contribution in [0.5, 0.6) is 0 Å². The highest BCUT2D eigenvalue weighted by Crippen LogP contribution is 2.23. The number of amides is 3.